The summed E-state index contributed by atoms with van der Waals surface area (Å²) in [6.07, 6.45) is 0.0000343. The predicted molar refractivity (Wildman–Crippen MR) is 90.5 cm³/mol. The Balaban J connectivity index is 1.73. The Kier molecular flexibility index (Phi) is 6.81. The Labute approximate surface area is 148 Å². The molecule has 9 heteroatoms. The molecule has 0 atom stereocenters. The molecule has 1 heterocycles. The molecule has 0 radical (unpaired) electrons. The number of hydrogen-bond acceptors (Lipinski definition) is 7. The quantitative estimate of drug-likeness (QED) is 0.720. The maximum atomic E-state index is 12.0. The molecular formula is C16H18N2O6S. The third-order valence-corrected chi connectivity index (χ3v) is 4.29. The van der Waals surface area contributed by atoms with E-state index in [1.807, 2.05) is 0 Å². The van der Waals surface area contributed by atoms with Gasteiger partial charge in [0.25, 0.3) is 17.1 Å². The smallest absolute Gasteiger partial charge is 0.308 e. The Hall–Kier alpha value is -2.55. The van der Waals surface area contributed by atoms with Crippen LogP contribution in [0, 0.1) is 0 Å². The number of nitrogens with zero attached hydrogens (tertiary/aromatic N) is 1. The van der Waals surface area contributed by atoms with Gasteiger partial charge in [0.2, 0.25) is 0 Å². The van der Waals surface area contributed by atoms with Gasteiger partial charge in [-0.15, -0.1) is 0 Å². The number of esters is 1. The number of methoxy groups -OCH3 is 1. The van der Waals surface area contributed by atoms with Gasteiger partial charge in [-0.05, 0) is 12.1 Å². The molecule has 1 saturated heterocycles. The number of amides is 3. The molecule has 1 aromatic carbocycles. The standard InChI is InChI=1S/C16H18N2O6S/c1-23-12-5-3-2-4-11(12)15(21)17-13(19)10-24-14(20)6-7-18-8-9-25-16(18)22/h2-5H,6-10H2,1H3,(H,17,19,21). The second-order valence-electron chi connectivity index (χ2n) is 5.09. The van der Waals surface area contributed by atoms with Gasteiger partial charge in [-0.25, -0.2) is 0 Å². The fourth-order valence-electron chi connectivity index (χ4n) is 2.14. The minimum Gasteiger partial charge on any atom is -0.496 e. The van der Waals surface area contributed by atoms with Gasteiger partial charge >= 0.3 is 5.97 Å². The first-order valence-electron chi connectivity index (χ1n) is 7.55. The minimum absolute atomic E-state index is 0.0000343. The average Bonchev–Trinajstić information content (AvgIpc) is 3.03. The molecule has 0 bridgehead atoms. The Bertz CT molecular complexity index is 678. The number of para-hydroxylation sites is 1. The van der Waals surface area contributed by atoms with Crippen LogP contribution in [0.25, 0.3) is 0 Å². The van der Waals surface area contributed by atoms with Crippen molar-refractivity contribution in [2.45, 2.75) is 6.42 Å². The Morgan fingerprint density at radius 2 is 2.04 bits per heavy atom. The molecule has 0 spiro atoms. The van der Waals surface area contributed by atoms with Crippen LogP contribution in [-0.2, 0) is 14.3 Å². The van der Waals surface area contributed by atoms with E-state index in [2.05, 4.69) is 5.32 Å². The van der Waals surface area contributed by atoms with Gasteiger partial charge in [-0.2, -0.15) is 0 Å². The van der Waals surface area contributed by atoms with Crippen LogP contribution in [0.15, 0.2) is 24.3 Å². The van der Waals surface area contributed by atoms with Crippen LogP contribution in [0.2, 0.25) is 0 Å². The molecular weight excluding hydrogens is 348 g/mol. The van der Waals surface area contributed by atoms with Crippen LogP contribution in [0.1, 0.15) is 16.8 Å². The van der Waals surface area contributed by atoms with E-state index in [-0.39, 0.29) is 23.8 Å². The Morgan fingerprint density at radius 3 is 2.72 bits per heavy atom. The minimum atomic E-state index is -0.739. The van der Waals surface area contributed by atoms with Crippen molar-refractivity contribution in [3.63, 3.8) is 0 Å². The molecule has 0 aromatic heterocycles. The summed E-state index contributed by atoms with van der Waals surface area (Å²) in [5.41, 5.74) is 0.203. The van der Waals surface area contributed by atoms with Crippen LogP contribution in [0.3, 0.4) is 0 Å². The van der Waals surface area contributed by atoms with Crippen molar-refractivity contribution in [2.24, 2.45) is 0 Å². The van der Waals surface area contributed by atoms with Crippen LogP contribution in [0.4, 0.5) is 4.79 Å². The van der Waals surface area contributed by atoms with E-state index in [1.54, 1.807) is 23.1 Å². The Morgan fingerprint density at radius 1 is 1.28 bits per heavy atom. The van der Waals surface area contributed by atoms with Crippen LogP contribution >= 0.6 is 11.8 Å². The molecule has 134 valence electrons. The van der Waals surface area contributed by atoms with Crippen molar-refractivity contribution in [1.29, 1.82) is 0 Å². The number of rotatable bonds is 7. The van der Waals surface area contributed by atoms with Crippen molar-refractivity contribution in [3.05, 3.63) is 29.8 Å². The number of nitrogens with one attached hydrogen (secondary N) is 1. The summed E-state index contributed by atoms with van der Waals surface area (Å²) in [4.78, 5) is 48.3. The molecule has 2 rings (SSSR count). The molecule has 0 unspecified atom stereocenters. The summed E-state index contributed by atoms with van der Waals surface area (Å²) in [6.45, 7) is 0.291. The van der Waals surface area contributed by atoms with Gasteiger partial charge < -0.3 is 14.4 Å². The van der Waals surface area contributed by atoms with E-state index >= 15 is 0 Å². The van der Waals surface area contributed by atoms with E-state index < -0.39 is 24.4 Å². The first kappa shape index (κ1) is 18.8. The third kappa shape index (κ3) is 5.49. The summed E-state index contributed by atoms with van der Waals surface area (Å²) in [5, 5.41) is 2.07. The molecule has 25 heavy (non-hydrogen) atoms. The lowest BCUT2D eigenvalue weighted by atomic mass is 10.2. The zero-order valence-electron chi connectivity index (χ0n) is 13.6. The highest BCUT2D eigenvalue weighted by atomic mass is 32.2. The third-order valence-electron chi connectivity index (χ3n) is 3.40. The van der Waals surface area contributed by atoms with Gasteiger partial charge in [-0.1, -0.05) is 23.9 Å². The van der Waals surface area contributed by atoms with Gasteiger partial charge in [0.15, 0.2) is 6.61 Å². The van der Waals surface area contributed by atoms with Crippen LogP contribution in [0.5, 0.6) is 5.75 Å². The highest BCUT2D eigenvalue weighted by Crippen LogP contribution is 2.17. The molecule has 1 aromatic rings. The molecule has 1 aliphatic heterocycles. The summed E-state index contributed by atoms with van der Waals surface area (Å²) in [6, 6.07) is 6.44. The maximum Gasteiger partial charge on any atom is 0.308 e. The lowest BCUT2D eigenvalue weighted by molar-refractivity contribution is -0.148. The number of thioether (sulfide) groups is 1. The molecule has 0 saturated carbocycles. The highest BCUT2D eigenvalue weighted by molar-refractivity contribution is 8.13. The predicted octanol–water partition coefficient (Wildman–Crippen LogP) is 1.05. The van der Waals surface area contributed by atoms with Crippen LogP contribution in [-0.4, -0.2) is 60.5 Å². The second-order valence-corrected chi connectivity index (χ2v) is 6.14. The van der Waals surface area contributed by atoms with Crippen molar-refractivity contribution in [2.75, 3.05) is 32.6 Å². The van der Waals surface area contributed by atoms with E-state index in [9.17, 15) is 19.2 Å². The summed E-state index contributed by atoms with van der Waals surface area (Å²) < 4.78 is 9.86. The SMILES string of the molecule is COc1ccccc1C(=O)NC(=O)COC(=O)CCN1CCSC1=O. The first-order valence-corrected chi connectivity index (χ1v) is 8.54. The monoisotopic (exact) mass is 366 g/mol. The number of hydrogen-bond donors (Lipinski definition) is 1. The summed E-state index contributed by atoms with van der Waals surface area (Å²) in [5.74, 6) is -0.945. The van der Waals surface area contributed by atoms with Gasteiger partial charge in [0.05, 0.1) is 19.1 Å². The van der Waals surface area contributed by atoms with E-state index in [4.69, 9.17) is 9.47 Å². The fraction of sp³-hybridized carbons (Fsp3) is 0.375. The van der Waals surface area contributed by atoms with Gasteiger partial charge in [0, 0.05) is 18.8 Å². The normalized spacial score (nSPS) is 13.5. The number of carbonyl (C=O) groups excluding carboxylic acids is 4. The molecule has 1 aliphatic rings. The lowest BCUT2D eigenvalue weighted by Crippen LogP contribution is -2.34. The number of benzene rings is 1. The van der Waals surface area contributed by atoms with Crippen molar-refractivity contribution >= 4 is 34.8 Å². The second kappa shape index (κ2) is 9.07. The highest BCUT2D eigenvalue weighted by Gasteiger charge is 2.22. The van der Waals surface area contributed by atoms with Crippen molar-refractivity contribution in [3.8, 4) is 5.75 Å². The van der Waals surface area contributed by atoms with Crippen molar-refractivity contribution in [1.82, 2.24) is 10.2 Å². The van der Waals surface area contributed by atoms with Gasteiger partial charge in [-0.3, -0.25) is 24.5 Å². The molecule has 0 aliphatic carbocycles. The largest absolute Gasteiger partial charge is 0.496 e. The molecule has 3 amide bonds. The molecule has 1 fully saturated rings. The lowest BCUT2D eigenvalue weighted by Gasteiger charge is -2.13. The number of imide groups is 1. The zero-order chi connectivity index (χ0) is 18.2. The van der Waals surface area contributed by atoms with Gasteiger partial charge in [0.1, 0.15) is 5.75 Å². The van der Waals surface area contributed by atoms with E-state index in [0.29, 0.717) is 18.0 Å². The van der Waals surface area contributed by atoms with Crippen LogP contribution < -0.4 is 10.1 Å². The van der Waals surface area contributed by atoms with E-state index in [0.717, 1.165) is 0 Å². The van der Waals surface area contributed by atoms with E-state index in [1.165, 1.54) is 24.9 Å². The maximum absolute atomic E-state index is 12.0. The number of ether oxygens (including phenoxy) is 2. The number of carbonyl (C=O) groups is 4. The first-order chi connectivity index (χ1) is 12.0. The molecule has 1 N–H and O–H groups in total. The summed E-state index contributed by atoms with van der Waals surface area (Å²) >= 11 is 1.21. The zero-order valence-corrected chi connectivity index (χ0v) is 14.5. The average molecular weight is 366 g/mol. The summed E-state index contributed by atoms with van der Waals surface area (Å²) in [7, 11) is 1.42. The topological polar surface area (TPSA) is 102 Å². The fourth-order valence-corrected chi connectivity index (χ4v) is 2.99. The van der Waals surface area contributed by atoms with Crippen molar-refractivity contribution < 1.29 is 28.7 Å². The molecule has 8 nitrogen and oxygen atoms in total.